The molecule has 0 radical (unpaired) electrons. The van der Waals surface area contributed by atoms with Crippen molar-refractivity contribution in [2.45, 2.75) is 52.2 Å². The minimum atomic E-state index is -1.30. The number of hydrogen-bond acceptors (Lipinski definition) is 5. The second-order valence-corrected chi connectivity index (χ2v) is 9.02. The summed E-state index contributed by atoms with van der Waals surface area (Å²) in [5.74, 6) is -0.603. The van der Waals surface area contributed by atoms with E-state index in [-0.39, 0.29) is 29.6 Å². The average Bonchev–Trinajstić information content (AvgIpc) is 2.91. The highest BCUT2D eigenvalue weighted by Gasteiger charge is 2.64. The molecule has 1 N–H and O–H groups in total. The molecular formula is C25H28O5. The summed E-state index contributed by atoms with van der Waals surface area (Å²) in [5.41, 5.74) is 0.782. The van der Waals surface area contributed by atoms with Gasteiger partial charge in [0, 0.05) is 6.42 Å². The highest BCUT2D eigenvalue weighted by Crippen LogP contribution is 2.53. The smallest absolute Gasteiger partial charge is 0.346 e. The molecule has 4 atom stereocenters. The molecule has 0 aromatic carbocycles. The molecule has 3 heterocycles. The largest absolute Gasteiger partial charge is 0.488 e. The van der Waals surface area contributed by atoms with Crippen molar-refractivity contribution < 1.29 is 24.2 Å². The molecule has 0 aromatic rings. The molecule has 1 fully saturated rings. The number of ether oxygens (including phenoxy) is 2. The number of carbonyl (C=O) groups excluding carboxylic acids is 2. The zero-order chi connectivity index (χ0) is 21.7. The Hall–Kier alpha value is -2.66. The van der Waals surface area contributed by atoms with E-state index in [1.165, 1.54) is 0 Å². The molecule has 158 valence electrons. The predicted octanol–water partition coefficient (Wildman–Crippen LogP) is 3.88. The van der Waals surface area contributed by atoms with Gasteiger partial charge in [-0.05, 0) is 50.8 Å². The maximum absolute atomic E-state index is 13.8. The van der Waals surface area contributed by atoms with Crippen molar-refractivity contribution in [2.75, 3.05) is 6.61 Å². The SMILES string of the molecule is CC1=C[C@]2(C)/C=C(C)/C=C/C[C@@H](O)/C=C3C=C/C(=C4\C(=O)O[C@]2(C[C@@H]1C)C4=O)OC/3. The van der Waals surface area contributed by atoms with E-state index in [0.29, 0.717) is 12.8 Å². The van der Waals surface area contributed by atoms with Crippen LogP contribution in [0.25, 0.3) is 0 Å². The van der Waals surface area contributed by atoms with E-state index < -0.39 is 23.1 Å². The summed E-state index contributed by atoms with van der Waals surface area (Å²) < 4.78 is 11.7. The van der Waals surface area contributed by atoms with Gasteiger partial charge in [0.1, 0.15) is 17.9 Å². The molecule has 0 aromatic heterocycles. The Morgan fingerprint density at radius 1 is 1.13 bits per heavy atom. The van der Waals surface area contributed by atoms with Crippen molar-refractivity contribution in [3.05, 3.63) is 70.6 Å². The van der Waals surface area contributed by atoms with E-state index in [0.717, 1.165) is 16.7 Å². The first-order chi connectivity index (χ1) is 14.1. The van der Waals surface area contributed by atoms with Crippen LogP contribution in [0.1, 0.15) is 40.5 Å². The summed E-state index contributed by atoms with van der Waals surface area (Å²) in [5, 5.41) is 10.3. The molecule has 1 spiro atoms. The summed E-state index contributed by atoms with van der Waals surface area (Å²) in [6.07, 6.45) is 13.3. The van der Waals surface area contributed by atoms with Gasteiger partial charge in [0.2, 0.25) is 5.78 Å². The number of allylic oxidation sites excluding steroid dienone is 4. The second-order valence-electron chi connectivity index (χ2n) is 9.02. The van der Waals surface area contributed by atoms with Crippen molar-refractivity contribution in [1.82, 2.24) is 0 Å². The first-order valence-corrected chi connectivity index (χ1v) is 10.4. The van der Waals surface area contributed by atoms with Gasteiger partial charge in [-0.25, -0.2) is 4.79 Å². The Morgan fingerprint density at radius 3 is 2.60 bits per heavy atom. The van der Waals surface area contributed by atoms with Crippen molar-refractivity contribution in [3.8, 4) is 0 Å². The molecule has 5 nitrogen and oxygen atoms in total. The molecule has 0 unspecified atom stereocenters. The standard InChI is InChI=1S/C25H28O5/c1-15-6-5-7-19(26)10-18-8-9-20(29-14-18)21-22(27)25(30-23(21)28)13-17(3)16(2)12-24(25,4)11-15/h5-6,8-12,17,19,26H,7,13-14H2,1-4H3/b6-5+,15-11+,18-10-,21-20+/t17-,19+,24-,25+/m0/s1. The van der Waals surface area contributed by atoms with Gasteiger partial charge in [0.15, 0.2) is 5.60 Å². The highest BCUT2D eigenvalue weighted by atomic mass is 16.6. The van der Waals surface area contributed by atoms with E-state index in [9.17, 15) is 14.7 Å². The molecule has 2 aliphatic carbocycles. The minimum Gasteiger partial charge on any atom is -0.488 e. The summed E-state index contributed by atoms with van der Waals surface area (Å²) in [4.78, 5) is 26.7. The lowest BCUT2D eigenvalue weighted by atomic mass is 9.61. The average molecular weight is 408 g/mol. The summed E-state index contributed by atoms with van der Waals surface area (Å²) >= 11 is 0. The number of hydrogen-bond donors (Lipinski definition) is 1. The lowest BCUT2D eigenvalue weighted by Gasteiger charge is -2.45. The minimum absolute atomic E-state index is 0.0197. The third-order valence-corrected chi connectivity index (χ3v) is 6.62. The van der Waals surface area contributed by atoms with Gasteiger partial charge in [-0.15, -0.1) is 0 Å². The predicted molar refractivity (Wildman–Crippen MR) is 113 cm³/mol. The van der Waals surface area contributed by atoms with Crippen LogP contribution >= 0.6 is 0 Å². The van der Waals surface area contributed by atoms with Crippen LogP contribution in [-0.4, -0.2) is 35.2 Å². The Morgan fingerprint density at radius 2 is 1.90 bits per heavy atom. The summed E-state index contributed by atoms with van der Waals surface area (Å²) in [6, 6.07) is 0. The molecule has 0 amide bonds. The molecule has 4 bridgehead atoms. The van der Waals surface area contributed by atoms with E-state index in [4.69, 9.17) is 9.47 Å². The van der Waals surface area contributed by atoms with Crippen LogP contribution in [-0.2, 0) is 19.1 Å². The Bertz CT molecular complexity index is 989. The normalized spacial score (nSPS) is 43.2. The molecule has 3 aliphatic heterocycles. The number of esters is 1. The van der Waals surface area contributed by atoms with Gasteiger partial charge in [-0.2, -0.15) is 0 Å². The van der Waals surface area contributed by atoms with Crippen molar-refractivity contribution >= 4 is 11.8 Å². The van der Waals surface area contributed by atoms with Gasteiger partial charge in [-0.3, -0.25) is 4.79 Å². The monoisotopic (exact) mass is 408 g/mol. The van der Waals surface area contributed by atoms with Crippen molar-refractivity contribution in [3.63, 3.8) is 0 Å². The maximum Gasteiger partial charge on any atom is 0.346 e. The number of ketones is 1. The first-order valence-electron chi connectivity index (χ1n) is 10.4. The Balaban J connectivity index is 1.95. The quantitative estimate of drug-likeness (QED) is 0.374. The molecule has 1 saturated heterocycles. The molecule has 0 saturated carbocycles. The molecule has 5 heteroatoms. The van der Waals surface area contributed by atoms with E-state index in [2.05, 4.69) is 13.0 Å². The highest BCUT2D eigenvalue weighted by molar-refractivity contribution is 6.26. The number of aliphatic hydroxyl groups excluding tert-OH is 1. The second kappa shape index (κ2) is 7.24. The third kappa shape index (κ3) is 3.21. The van der Waals surface area contributed by atoms with Crippen LogP contribution in [0.5, 0.6) is 0 Å². The van der Waals surface area contributed by atoms with Gasteiger partial charge in [0.25, 0.3) is 0 Å². The molecule has 5 rings (SSSR count). The fourth-order valence-electron chi connectivity index (χ4n) is 4.88. The Kier molecular flexibility index (Phi) is 4.97. The number of rotatable bonds is 0. The van der Waals surface area contributed by atoms with E-state index in [1.807, 2.05) is 39.0 Å². The first kappa shape index (κ1) is 20.6. The van der Waals surface area contributed by atoms with Crippen LogP contribution in [0.15, 0.2) is 70.6 Å². The maximum atomic E-state index is 13.8. The van der Waals surface area contributed by atoms with Crippen LogP contribution < -0.4 is 0 Å². The topological polar surface area (TPSA) is 72.8 Å². The number of carbonyl (C=O) groups is 2. The zero-order valence-electron chi connectivity index (χ0n) is 17.9. The van der Waals surface area contributed by atoms with Gasteiger partial charge in [-0.1, -0.05) is 48.5 Å². The lowest BCUT2D eigenvalue weighted by molar-refractivity contribution is -0.162. The van der Waals surface area contributed by atoms with Crippen LogP contribution in [0, 0.1) is 11.3 Å². The zero-order valence-corrected chi connectivity index (χ0v) is 17.9. The van der Waals surface area contributed by atoms with Crippen molar-refractivity contribution in [2.24, 2.45) is 11.3 Å². The third-order valence-electron chi connectivity index (χ3n) is 6.62. The molecular weight excluding hydrogens is 380 g/mol. The summed E-state index contributed by atoms with van der Waals surface area (Å²) in [7, 11) is 0. The van der Waals surface area contributed by atoms with E-state index in [1.54, 1.807) is 18.2 Å². The van der Waals surface area contributed by atoms with Crippen LogP contribution in [0.4, 0.5) is 0 Å². The van der Waals surface area contributed by atoms with Gasteiger partial charge < -0.3 is 14.6 Å². The van der Waals surface area contributed by atoms with Crippen LogP contribution in [0.3, 0.4) is 0 Å². The molecule has 30 heavy (non-hydrogen) atoms. The fraction of sp³-hybridized carbons (Fsp3) is 0.440. The number of fused-ring (bicyclic) bond motifs is 5. The number of aliphatic hydroxyl groups is 1. The van der Waals surface area contributed by atoms with Crippen LogP contribution in [0.2, 0.25) is 0 Å². The van der Waals surface area contributed by atoms with E-state index >= 15 is 0 Å². The molecule has 5 aliphatic rings. The fourth-order valence-corrected chi connectivity index (χ4v) is 4.88. The van der Waals surface area contributed by atoms with Gasteiger partial charge >= 0.3 is 5.97 Å². The summed E-state index contributed by atoms with van der Waals surface area (Å²) in [6.45, 7) is 8.19. The lowest BCUT2D eigenvalue weighted by Crippen LogP contribution is -2.53. The Labute approximate surface area is 177 Å². The van der Waals surface area contributed by atoms with Gasteiger partial charge in [0.05, 0.1) is 11.5 Å². The van der Waals surface area contributed by atoms with Crippen molar-refractivity contribution in [1.29, 1.82) is 0 Å². The number of Topliss-reactive ketones (excluding diaryl/α,β-unsaturated/α-hetero) is 1.